The number of benzene rings is 2. The van der Waals surface area contributed by atoms with Gasteiger partial charge in [-0.25, -0.2) is 4.79 Å². The first-order valence-corrected chi connectivity index (χ1v) is 14.6. The van der Waals surface area contributed by atoms with Gasteiger partial charge >= 0.3 is 6.09 Å². The second-order valence-electron chi connectivity index (χ2n) is 12.1. The number of nitrogens with one attached hydrogen (secondary N) is 2. The Morgan fingerprint density at radius 2 is 1.60 bits per heavy atom. The summed E-state index contributed by atoms with van der Waals surface area (Å²) >= 11 is 0. The van der Waals surface area contributed by atoms with Gasteiger partial charge in [-0.2, -0.15) is 0 Å². The number of carbonyl (C=O) groups excluding carboxylic acids is 3. The van der Waals surface area contributed by atoms with E-state index in [1.807, 2.05) is 70.2 Å². The van der Waals surface area contributed by atoms with Gasteiger partial charge in [-0.1, -0.05) is 69.7 Å². The monoisotopic (exact) mass is 549 g/mol. The molecule has 7 heteroatoms. The lowest BCUT2D eigenvalue weighted by Crippen LogP contribution is -2.58. The van der Waals surface area contributed by atoms with Gasteiger partial charge in [-0.3, -0.25) is 9.59 Å². The topological polar surface area (TPSA) is 87.7 Å². The Labute approximate surface area is 240 Å². The van der Waals surface area contributed by atoms with Crippen molar-refractivity contribution in [1.29, 1.82) is 0 Å². The van der Waals surface area contributed by atoms with E-state index in [1.54, 1.807) is 25.7 Å². The minimum Gasteiger partial charge on any atom is -0.444 e. The number of nitrogens with zero attached hydrogens (tertiary/aromatic N) is 1. The molecule has 2 aromatic carbocycles. The minimum absolute atomic E-state index is 0.0981. The number of alkyl carbamates (subject to hydrolysis) is 1. The highest BCUT2D eigenvalue weighted by atomic mass is 16.6. The van der Waals surface area contributed by atoms with Crippen LogP contribution in [0.3, 0.4) is 0 Å². The first-order chi connectivity index (χ1) is 18.9. The molecule has 1 fully saturated rings. The molecule has 218 valence electrons. The molecule has 1 aliphatic carbocycles. The number of carbonyl (C=O) groups is 3. The third-order valence-electron chi connectivity index (χ3n) is 7.83. The molecular formula is C33H47N3O4. The molecule has 3 unspecified atom stereocenters. The van der Waals surface area contributed by atoms with Crippen molar-refractivity contribution in [3.05, 3.63) is 64.7 Å². The molecule has 0 radical (unpaired) electrons. The van der Waals surface area contributed by atoms with Crippen molar-refractivity contribution in [3.63, 3.8) is 0 Å². The zero-order valence-electron chi connectivity index (χ0n) is 25.5. The van der Waals surface area contributed by atoms with Crippen molar-refractivity contribution in [2.24, 2.45) is 5.92 Å². The fraction of sp³-hybridized carbons (Fsp3) is 0.545. The molecule has 0 heterocycles. The van der Waals surface area contributed by atoms with Crippen LogP contribution in [0, 0.1) is 19.8 Å². The molecular weight excluding hydrogens is 502 g/mol. The largest absolute Gasteiger partial charge is 0.444 e. The van der Waals surface area contributed by atoms with Gasteiger partial charge in [0.1, 0.15) is 17.7 Å². The number of hydrogen-bond acceptors (Lipinski definition) is 4. The number of hydrogen-bond donors (Lipinski definition) is 2. The van der Waals surface area contributed by atoms with E-state index >= 15 is 0 Å². The number of para-hydroxylation sites is 1. The van der Waals surface area contributed by atoms with Crippen molar-refractivity contribution >= 4 is 23.6 Å². The highest BCUT2D eigenvalue weighted by molar-refractivity contribution is 6.00. The van der Waals surface area contributed by atoms with Gasteiger partial charge in [0.15, 0.2) is 0 Å². The normalized spacial score (nSPS) is 15.8. The average Bonchev–Trinajstić information content (AvgIpc) is 2.86. The number of ether oxygens (including phenoxy) is 1. The van der Waals surface area contributed by atoms with E-state index < -0.39 is 23.8 Å². The molecule has 3 amide bonds. The van der Waals surface area contributed by atoms with Crippen LogP contribution < -0.4 is 10.6 Å². The van der Waals surface area contributed by atoms with Crippen LogP contribution in [0.4, 0.5) is 10.5 Å². The van der Waals surface area contributed by atoms with Gasteiger partial charge < -0.3 is 20.3 Å². The summed E-state index contributed by atoms with van der Waals surface area (Å²) in [6, 6.07) is 12.0. The van der Waals surface area contributed by atoms with Gasteiger partial charge in [0.2, 0.25) is 5.91 Å². The summed E-state index contributed by atoms with van der Waals surface area (Å²) in [5.41, 5.74) is 3.88. The molecule has 3 rings (SSSR count). The van der Waals surface area contributed by atoms with Crippen LogP contribution in [-0.4, -0.2) is 40.5 Å². The zero-order valence-corrected chi connectivity index (χ0v) is 25.5. The van der Waals surface area contributed by atoms with E-state index in [2.05, 4.69) is 17.6 Å². The first-order valence-electron chi connectivity index (χ1n) is 14.6. The number of amides is 3. The van der Waals surface area contributed by atoms with E-state index in [1.165, 1.54) is 0 Å². The van der Waals surface area contributed by atoms with Gasteiger partial charge in [0.25, 0.3) is 5.91 Å². The molecule has 1 saturated carbocycles. The van der Waals surface area contributed by atoms with Crippen LogP contribution in [0.2, 0.25) is 0 Å². The molecule has 0 spiro atoms. The molecule has 2 N–H and O–H groups in total. The van der Waals surface area contributed by atoms with Gasteiger partial charge in [-0.05, 0) is 88.5 Å². The molecule has 7 nitrogen and oxygen atoms in total. The Bertz CT molecular complexity index is 1160. The van der Waals surface area contributed by atoms with Crippen LogP contribution in [0.15, 0.2) is 42.5 Å². The SMILES string of the molecule is CCc1ccc(C(C(=O)Nc2c(C)cccc2C)N(C(=O)C(NC(=O)OC(C)(C)C)C(C)CC)C2CCC2)cc1. The molecule has 0 aromatic heterocycles. The lowest BCUT2D eigenvalue weighted by molar-refractivity contribution is -0.147. The van der Waals surface area contributed by atoms with Crippen molar-refractivity contribution in [2.75, 3.05) is 5.32 Å². The summed E-state index contributed by atoms with van der Waals surface area (Å²) in [7, 11) is 0. The highest BCUT2D eigenvalue weighted by Crippen LogP contribution is 2.36. The fourth-order valence-electron chi connectivity index (χ4n) is 5.04. The lowest BCUT2D eigenvalue weighted by atomic mass is 9.86. The van der Waals surface area contributed by atoms with Crippen molar-refractivity contribution in [2.45, 2.75) is 111 Å². The summed E-state index contributed by atoms with van der Waals surface area (Å²) in [4.78, 5) is 43.3. The molecule has 0 aliphatic heterocycles. The zero-order chi connectivity index (χ0) is 29.6. The van der Waals surface area contributed by atoms with Crippen molar-refractivity contribution < 1.29 is 19.1 Å². The highest BCUT2D eigenvalue weighted by Gasteiger charge is 2.43. The van der Waals surface area contributed by atoms with E-state index in [0.29, 0.717) is 6.42 Å². The second-order valence-corrected chi connectivity index (χ2v) is 12.1. The fourth-order valence-corrected chi connectivity index (χ4v) is 5.04. The van der Waals surface area contributed by atoms with E-state index in [0.717, 1.165) is 53.6 Å². The summed E-state index contributed by atoms with van der Waals surface area (Å²) in [6.45, 7) is 15.3. The Balaban J connectivity index is 2.07. The smallest absolute Gasteiger partial charge is 0.408 e. The number of anilines is 1. The van der Waals surface area contributed by atoms with E-state index in [9.17, 15) is 14.4 Å². The number of aryl methyl sites for hydroxylation is 3. The molecule has 1 aliphatic rings. The van der Waals surface area contributed by atoms with Crippen molar-refractivity contribution in [1.82, 2.24) is 10.2 Å². The second kappa shape index (κ2) is 13.3. The first kappa shape index (κ1) is 31.2. The van der Waals surface area contributed by atoms with Crippen LogP contribution in [0.1, 0.15) is 95.5 Å². The maximum absolute atomic E-state index is 14.5. The van der Waals surface area contributed by atoms with E-state index in [-0.39, 0.29) is 23.8 Å². The van der Waals surface area contributed by atoms with Crippen LogP contribution in [0.5, 0.6) is 0 Å². The van der Waals surface area contributed by atoms with Crippen LogP contribution in [-0.2, 0) is 20.7 Å². The lowest BCUT2D eigenvalue weighted by Gasteiger charge is -2.44. The maximum atomic E-state index is 14.5. The predicted molar refractivity (Wildman–Crippen MR) is 160 cm³/mol. The third kappa shape index (κ3) is 7.64. The average molecular weight is 550 g/mol. The maximum Gasteiger partial charge on any atom is 0.408 e. The summed E-state index contributed by atoms with van der Waals surface area (Å²) in [6.07, 6.45) is 3.53. The quantitative estimate of drug-likeness (QED) is 0.339. The Hall–Kier alpha value is -3.35. The summed E-state index contributed by atoms with van der Waals surface area (Å²) in [5, 5.41) is 6.01. The molecule has 2 aromatic rings. The summed E-state index contributed by atoms with van der Waals surface area (Å²) < 4.78 is 5.52. The van der Waals surface area contributed by atoms with Crippen LogP contribution in [0.25, 0.3) is 0 Å². The molecule has 0 saturated heterocycles. The Kier molecular flexibility index (Phi) is 10.4. The van der Waals surface area contributed by atoms with E-state index in [4.69, 9.17) is 4.74 Å². The minimum atomic E-state index is -0.852. The Morgan fingerprint density at radius 1 is 1.00 bits per heavy atom. The molecule has 3 atom stereocenters. The van der Waals surface area contributed by atoms with Gasteiger partial charge in [-0.15, -0.1) is 0 Å². The number of rotatable bonds is 10. The van der Waals surface area contributed by atoms with Gasteiger partial charge in [0, 0.05) is 11.7 Å². The standard InChI is InChI=1S/C33H47N3O4/c1-9-21(3)28(35-32(39)40-33(6,7)8)31(38)36(26-15-12-16-26)29(25-19-17-24(10-2)18-20-25)30(37)34-27-22(4)13-11-14-23(27)5/h11,13-14,17-21,26,28-29H,9-10,12,15-16H2,1-8H3,(H,34,37)(H,35,39). The third-order valence-corrected chi connectivity index (χ3v) is 7.83. The predicted octanol–water partition coefficient (Wildman–Crippen LogP) is 6.87. The Morgan fingerprint density at radius 3 is 2.08 bits per heavy atom. The van der Waals surface area contributed by atoms with Crippen molar-refractivity contribution in [3.8, 4) is 0 Å². The van der Waals surface area contributed by atoms with Gasteiger partial charge in [0.05, 0.1) is 0 Å². The van der Waals surface area contributed by atoms with Crippen LogP contribution >= 0.6 is 0 Å². The summed E-state index contributed by atoms with van der Waals surface area (Å²) in [5.74, 6) is -0.680. The molecule has 40 heavy (non-hydrogen) atoms. The molecule has 0 bridgehead atoms.